The molecule has 8 heteroatoms. The van der Waals surface area contributed by atoms with Gasteiger partial charge in [0, 0.05) is 18.8 Å². The second kappa shape index (κ2) is 6.94. The fraction of sp³-hybridized carbons (Fsp3) is 0.375. The van der Waals surface area contributed by atoms with Gasteiger partial charge in [0.1, 0.15) is 12.3 Å². The molecule has 0 aliphatic rings. The highest BCUT2D eigenvalue weighted by molar-refractivity contribution is 5.76. The highest BCUT2D eigenvalue weighted by atomic mass is 19.4. The van der Waals surface area contributed by atoms with Crippen molar-refractivity contribution >= 4 is 5.91 Å². The number of carbonyl (C=O) groups excluding carboxylic acids is 1. The van der Waals surface area contributed by atoms with Crippen LogP contribution in [0.15, 0.2) is 36.5 Å². The zero-order valence-electron chi connectivity index (χ0n) is 13.5. The molecule has 0 spiro atoms. The molecule has 0 unspecified atom stereocenters. The number of ether oxygens (including phenoxy) is 1. The summed E-state index contributed by atoms with van der Waals surface area (Å²) in [4.78, 5) is 13.8. The van der Waals surface area contributed by atoms with E-state index in [0.29, 0.717) is 5.75 Å². The molecule has 0 bridgehead atoms. The molecule has 0 N–H and O–H groups in total. The first-order valence-electron chi connectivity index (χ1n) is 7.23. The minimum atomic E-state index is -4.52. The molecule has 1 atom stereocenters. The van der Waals surface area contributed by atoms with Crippen molar-refractivity contribution in [3.63, 3.8) is 0 Å². The van der Waals surface area contributed by atoms with E-state index in [0.717, 1.165) is 22.5 Å². The van der Waals surface area contributed by atoms with E-state index in [1.807, 2.05) is 25.1 Å². The van der Waals surface area contributed by atoms with Crippen molar-refractivity contribution in [3.8, 4) is 5.75 Å². The largest absolute Gasteiger partial charge is 0.496 e. The predicted octanol–water partition coefficient (Wildman–Crippen LogP) is 3.13. The number of carbonyl (C=O) groups is 1. The van der Waals surface area contributed by atoms with E-state index in [4.69, 9.17) is 4.74 Å². The smallest absolute Gasteiger partial charge is 0.435 e. The van der Waals surface area contributed by atoms with Crippen molar-refractivity contribution in [2.45, 2.75) is 25.7 Å². The van der Waals surface area contributed by atoms with Gasteiger partial charge < -0.3 is 9.64 Å². The number of rotatable bonds is 5. The third kappa shape index (κ3) is 3.87. The van der Waals surface area contributed by atoms with Crippen LogP contribution in [-0.4, -0.2) is 34.7 Å². The number of para-hydroxylation sites is 1. The van der Waals surface area contributed by atoms with Gasteiger partial charge in [-0.25, -0.2) is 0 Å². The average molecular weight is 341 g/mol. The lowest BCUT2D eigenvalue weighted by Crippen LogP contribution is -2.33. The molecule has 0 saturated heterocycles. The summed E-state index contributed by atoms with van der Waals surface area (Å²) in [5.41, 5.74) is -0.206. The first-order chi connectivity index (χ1) is 11.2. The second-order valence-corrected chi connectivity index (χ2v) is 5.32. The van der Waals surface area contributed by atoms with Gasteiger partial charge in [-0.3, -0.25) is 9.48 Å². The lowest BCUT2D eigenvalue weighted by atomic mass is 10.1. The highest BCUT2D eigenvalue weighted by Gasteiger charge is 2.33. The quantitative estimate of drug-likeness (QED) is 0.839. The van der Waals surface area contributed by atoms with Gasteiger partial charge in [-0.15, -0.1) is 0 Å². The number of halogens is 3. The van der Waals surface area contributed by atoms with Gasteiger partial charge in [0.05, 0.1) is 13.2 Å². The molecule has 1 aromatic heterocycles. The molecule has 2 aromatic rings. The maximum absolute atomic E-state index is 12.5. The Balaban J connectivity index is 2.10. The minimum Gasteiger partial charge on any atom is -0.496 e. The molecule has 1 heterocycles. The molecule has 0 radical (unpaired) electrons. The monoisotopic (exact) mass is 341 g/mol. The van der Waals surface area contributed by atoms with Gasteiger partial charge >= 0.3 is 6.18 Å². The molecule has 0 aliphatic carbocycles. The summed E-state index contributed by atoms with van der Waals surface area (Å²) in [6, 6.07) is 7.81. The van der Waals surface area contributed by atoms with Crippen molar-refractivity contribution < 1.29 is 22.7 Å². The topological polar surface area (TPSA) is 47.4 Å². The van der Waals surface area contributed by atoms with Gasteiger partial charge in [0.15, 0.2) is 5.69 Å². The maximum atomic E-state index is 12.5. The summed E-state index contributed by atoms with van der Waals surface area (Å²) < 4.78 is 43.9. The molecule has 2 rings (SSSR count). The van der Waals surface area contributed by atoms with Gasteiger partial charge in [0.2, 0.25) is 5.91 Å². The van der Waals surface area contributed by atoms with Crippen molar-refractivity contribution in [2.24, 2.45) is 0 Å². The Labute approximate surface area is 137 Å². The SMILES string of the molecule is COc1ccccc1[C@@H](C)N(C)C(=O)Cn1ccc(C(F)(F)F)n1. The molecule has 24 heavy (non-hydrogen) atoms. The van der Waals surface area contributed by atoms with Crippen molar-refractivity contribution in [1.29, 1.82) is 0 Å². The Kier molecular flexibility index (Phi) is 5.16. The Morgan fingerprint density at radius 2 is 2.00 bits per heavy atom. The lowest BCUT2D eigenvalue weighted by molar-refractivity contribution is -0.142. The third-order valence-corrected chi connectivity index (χ3v) is 3.79. The number of nitrogens with zero attached hydrogens (tertiary/aromatic N) is 3. The summed E-state index contributed by atoms with van der Waals surface area (Å²) in [5.74, 6) is 0.285. The van der Waals surface area contributed by atoms with E-state index in [1.54, 1.807) is 13.1 Å². The first-order valence-corrected chi connectivity index (χ1v) is 7.23. The highest BCUT2D eigenvalue weighted by Crippen LogP contribution is 2.29. The predicted molar refractivity (Wildman–Crippen MR) is 81.4 cm³/mol. The molecule has 1 aromatic carbocycles. The van der Waals surface area contributed by atoms with Crippen molar-refractivity contribution in [2.75, 3.05) is 14.2 Å². The van der Waals surface area contributed by atoms with E-state index in [-0.39, 0.29) is 18.5 Å². The summed E-state index contributed by atoms with van der Waals surface area (Å²) in [7, 11) is 3.13. The van der Waals surface area contributed by atoms with E-state index in [2.05, 4.69) is 5.10 Å². The van der Waals surface area contributed by atoms with Crippen LogP contribution in [0, 0.1) is 0 Å². The first kappa shape index (κ1) is 17.8. The van der Waals surface area contributed by atoms with E-state index >= 15 is 0 Å². The van der Waals surface area contributed by atoms with E-state index < -0.39 is 11.9 Å². The zero-order chi connectivity index (χ0) is 17.9. The van der Waals surface area contributed by atoms with Crippen molar-refractivity contribution in [1.82, 2.24) is 14.7 Å². The number of aromatic nitrogens is 2. The summed E-state index contributed by atoms with van der Waals surface area (Å²) in [5, 5.41) is 3.39. The maximum Gasteiger partial charge on any atom is 0.435 e. The average Bonchev–Trinajstić information content (AvgIpc) is 3.02. The van der Waals surface area contributed by atoms with Crippen LogP contribution in [0.4, 0.5) is 13.2 Å². The molecular weight excluding hydrogens is 323 g/mol. The van der Waals surface area contributed by atoms with E-state index in [1.165, 1.54) is 12.0 Å². The minimum absolute atomic E-state index is 0.272. The Bertz CT molecular complexity index is 713. The molecule has 0 saturated carbocycles. The number of amides is 1. The Hall–Kier alpha value is -2.51. The fourth-order valence-corrected chi connectivity index (χ4v) is 2.29. The van der Waals surface area contributed by atoms with Gasteiger partial charge in [-0.2, -0.15) is 18.3 Å². The molecular formula is C16H18F3N3O2. The van der Waals surface area contributed by atoms with Crippen LogP contribution in [0.2, 0.25) is 0 Å². The molecule has 0 fully saturated rings. The number of hydrogen-bond donors (Lipinski definition) is 0. The fourth-order valence-electron chi connectivity index (χ4n) is 2.29. The summed E-state index contributed by atoms with van der Waals surface area (Å²) >= 11 is 0. The van der Waals surface area contributed by atoms with Crippen LogP contribution in [-0.2, 0) is 17.5 Å². The van der Waals surface area contributed by atoms with Crippen LogP contribution in [0.1, 0.15) is 24.2 Å². The molecule has 0 aliphatic heterocycles. The standard InChI is InChI=1S/C16H18F3N3O2/c1-11(12-6-4-5-7-13(12)24-3)21(2)15(23)10-22-9-8-14(20-22)16(17,18)19/h4-9,11H,10H2,1-3H3/t11-/m1/s1. The van der Waals surface area contributed by atoms with Crippen LogP contribution in [0.5, 0.6) is 5.75 Å². The van der Waals surface area contributed by atoms with E-state index in [9.17, 15) is 18.0 Å². The Morgan fingerprint density at radius 3 is 2.58 bits per heavy atom. The Morgan fingerprint density at radius 1 is 1.33 bits per heavy atom. The van der Waals surface area contributed by atoms with Crippen molar-refractivity contribution in [3.05, 3.63) is 47.8 Å². The summed E-state index contributed by atoms with van der Waals surface area (Å²) in [6.45, 7) is 1.55. The number of benzene rings is 1. The molecule has 130 valence electrons. The zero-order valence-corrected chi connectivity index (χ0v) is 13.5. The third-order valence-electron chi connectivity index (χ3n) is 3.79. The number of hydrogen-bond acceptors (Lipinski definition) is 3. The van der Waals surface area contributed by atoms with Gasteiger partial charge in [0.25, 0.3) is 0 Å². The number of likely N-dealkylation sites (N-methyl/N-ethyl adjacent to an activating group) is 1. The number of alkyl halides is 3. The van der Waals surface area contributed by atoms with Crippen LogP contribution >= 0.6 is 0 Å². The van der Waals surface area contributed by atoms with Crippen LogP contribution < -0.4 is 4.74 Å². The van der Waals surface area contributed by atoms with Gasteiger partial charge in [-0.05, 0) is 19.1 Å². The van der Waals surface area contributed by atoms with Gasteiger partial charge in [-0.1, -0.05) is 18.2 Å². The summed E-state index contributed by atoms with van der Waals surface area (Å²) in [6.07, 6.45) is -3.38. The normalized spacial score (nSPS) is 12.8. The van der Waals surface area contributed by atoms with Crippen LogP contribution in [0.25, 0.3) is 0 Å². The van der Waals surface area contributed by atoms with Crippen LogP contribution in [0.3, 0.4) is 0 Å². The molecule has 1 amide bonds. The molecule has 5 nitrogen and oxygen atoms in total. The lowest BCUT2D eigenvalue weighted by Gasteiger charge is -2.26. The second-order valence-electron chi connectivity index (χ2n) is 5.32. The number of methoxy groups -OCH3 is 1.